The molecule has 2 amide bonds. The van der Waals surface area contributed by atoms with Crippen molar-refractivity contribution in [3.8, 4) is 0 Å². The topological polar surface area (TPSA) is 126 Å². The van der Waals surface area contributed by atoms with Gasteiger partial charge in [0.1, 0.15) is 0 Å². The van der Waals surface area contributed by atoms with E-state index in [1.807, 2.05) is 0 Å². The summed E-state index contributed by atoms with van der Waals surface area (Å²) in [4.78, 5) is 49.5. The van der Waals surface area contributed by atoms with E-state index in [0.29, 0.717) is 10.7 Å². The van der Waals surface area contributed by atoms with Crippen LogP contribution in [0.15, 0.2) is 74.9 Å². The van der Waals surface area contributed by atoms with E-state index in [0.717, 1.165) is 4.68 Å². The SMILES string of the molecule is O=C(CCn1[nH]c(=O)c2ccccc2c1=O)Nc1ccc(Cl)cc1NC(=O)c1ccco1. The summed E-state index contributed by atoms with van der Waals surface area (Å²) >= 11 is 6.02. The third kappa shape index (κ3) is 4.47. The Morgan fingerprint density at radius 3 is 2.50 bits per heavy atom. The summed E-state index contributed by atoms with van der Waals surface area (Å²) in [6.45, 7) is -0.0353. The lowest BCUT2D eigenvalue weighted by atomic mass is 10.2. The molecule has 4 aromatic rings. The zero-order valence-corrected chi connectivity index (χ0v) is 17.3. The van der Waals surface area contributed by atoms with Gasteiger partial charge in [-0.3, -0.25) is 24.3 Å². The Morgan fingerprint density at radius 1 is 0.969 bits per heavy atom. The Bertz CT molecular complexity index is 1420. The molecule has 0 bridgehead atoms. The highest BCUT2D eigenvalue weighted by molar-refractivity contribution is 6.31. The van der Waals surface area contributed by atoms with Crippen LogP contribution in [0.2, 0.25) is 5.02 Å². The normalized spacial score (nSPS) is 10.8. The lowest BCUT2D eigenvalue weighted by Gasteiger charge is -2.13. The van der Waals surface area contributed by atoms with Crippen LogP contribution < -0.4 is 21.8 Å². The Morgan fingerprint density at radius 2 is 1.75 bits per heavy atom. The third-order valence-corrected chi connectivity index (χ3v) is 4.93. The van der Waals surface area contributed by atoms with Gasteiger partial charge in [-0.2, -0.15) is 0 Å². The highest BCUT2D eigenvalue weighted by Crippen LogP contribution is 2.26. The maximum absolute atomic E-state index is 12.6. The van der Waals surface area contributed by atoms with E-state index in [1.54, 1.807) is 42.5 Å². The van der Waals surface area contributed by atoms with Crippen LogP contribution in [0.5, 0.6) is 0 Å². The fourth-order valence-corrected chi connectivity index (χ4v) is 3.32. The van der Waals surface area contributed by atoms with Crippen molar-refractivity contribution in [1.29, 1.82) is 0 Å². The number of furan rings is 1. The number of nitrogens with one attached hydrogen (secondary N) is 3. The van der Waals surface area contributed by atoms with Gasteiger partial charge < -0.3 is 15.1 Å². The molecule has 0 aliphatic rings. The fourth-order valence-electron chi connectivity index (χ4n) is 3.15. The highest BCUT2D eigenvalue weighted by Gasteiger charge is 2.14. The number of hydrogen-bond acceptors (Lipinski definition) is 5. The van der Waals surface area contributed by atoms with Gasteiger partial charge in [0, 0.05) is 11.4 Å². The Kier molecular flexibility index (Phi) is 5.91. The van der Waals surface area contributed by atoms with Gasteiger partial charge in [-0.1, -0.05) is 23.7 Å². The predicted molar refractivity (Wildman–Crippen MR) is 120 cm³/mol. The molecule has 0 aliphatic heterocycles. The predicted octanol–water partition coefficient (Wildman–Crippen LogP) is 3.22. The number of anilines is 2. The lowest BCUT2D eigenvalue weighted by Crippen LogP contribution is -2.31. The number of carbonyl (C=O) groups excluding carboxylic acids is 2. The molecule has 4 rings (SSSR count). The Labute approximate surface area is 185 Å². The minimum atomic E-state index is -0.506. The number of aryl methyl sites for hydroxylation is 1. The highest BCUT2D eigenvalue weighted by atomic mass is 35.5. The zero-order valence-electron chi connectivity index (χ0n) is 16.6. The molecule has 10 heteroatoms. The number of benzene rings is 2. The van der Waals surface area contributed by atoms with Crippen molar-refractivity contribution in [2.75, 3.05) is 10.6 Å². The summed E-state index contributed by atoms with van der Waals surface area (Å²) in [5.41, 5.74) is -0.214. The van der Waals surface area contributed by atoms with Crippen molar-refractivity contribution >= 4 is 45.6 Å². The van der Waals surface area contributed by atoms with E-state index < -0.39 is 22.9 Å². The van der Waals surface area contributed by atoms with Crippen molar-refractivity contribution in [3.05, 3.63) is 92.4 Å². The van der Waals surface area contributed by atoms with Crippen LogP contribution in [0.3, 0.4) is 0 Å². The van der Waals surface area contributed by atoms with E-state index in [2.05, 4.69) is 15.7 Å². The molecule has 3 N–H and O–H groups in total. The smallest absolute Gasteiger partial charge is 0.291 e. The number of rotatable bonds is 6. The van der Waals surface area contributed by atoms with Gasteiger partial charge in [0.25, 0.3) is 17.0 Å². The number of carbonyl (C=O) groups is 2. The van der Waals surface area contributed by atoms with E-state index in [1.165, 1.54) is 18.4 Å². The molecule has 9 nitrogen and oxygen atoms in total. The molecule has 162 valence electrons. The number of nitrogens with zero attached hydrogens (tertiary/aromatic N) is 1. The number of amides is 2. The maximum Gasteiger partial charge on any atom is 0.291 e. The molecule has 2 aromatic heterocycles. The third-order valence-electron chi connectivity index (χ3n) is 4.70. The summed E-state index contributed by atoms with van der Waals surface area (Å²) in [5.74, 6) is -0.836. The molecular weight excluding hydrogens is 436 g/mol. The zero-order chi connectivity index (χ0) is 22.7. The van der Waals surface area contributed by atoms with Gasteiger partial charge in [0.05, 0.1) is 35.0 Å². The van der Waals surface area contributed by atoms with Crippen LogP contribution in [0.25, 0.3) is 10.8 Å². The molecular formula is C22H17ClN4O5. The minimum Gasteiger partial charge on any atom is -0.459 e. The van der Waals surface area contributed by atoms with Crippen LogP contribution in [0.1, 0.15) is 17.0 Å². The quantitative estimate of drug-likeness (QED) is 0.414. The van der Waals surface area contributed by atoms with E-state index in [4.69, 9.17) is 16.0 Å². The number of aromatic amines is 1. The molecule has 0 radical (unpaired) electrons. The van der Waals surface area contributed by atoms with Crippen molar-refractivity contribution in [3.63, 3.8) is 0 Å². The van der Waals surface area contributed by atoms with Crippen LogP contribution >= 0.6 is 11.6 Å². The number of halogens is 1. The second-order valence-electron chi connectivity index (χ2n) is 6.86. The Balaban J connectivity index is 1.49. The summed E-state index contributed by atoms with van der Waals surface area (Å²) in [6.07, 6.45) is 1.27. The van der Waals surface area contributed by atoms with Crippen LogP contribution in [-0.2, 0) is 11.3 Å². The minimum absolute atomic E-state index is 0.0353. The largest absolute Gasteiger partial charge is 0.459 e. The van der Waals surface area contributed by atoms with Crippen molar-refractivity contribution in [2.45, 2.75) is 13.0 Å². The summed E-state index contributed by atoms with van der Waals surface area (Å²) in [6, 6.07) is 14.1. The monoisotopic (exact) mass is 452 g/mol. The van der Waals surface area contributed by atoms with Crippen LogP contribution in [0, 0.1) is 0 Å². The summed E-state index contributed by atoms with van der Waals surface area (Å²) < 4.78 is 6.17. The average molecular weight is 453 g/mol. The van der Waals surface area contributed by atoms with Gasteiger partial charge in [-0.05, 0) is 42.5 Å². The molecule has 32 heavy (non-hydrogen) atoms. The fraction of sp³-hybridized carbons (Fsp3) is 0.0909. The first kappa shape index (κ1) is 21.1. The number of hydrogen-bond donors (Lipinski definition) is 3. The number of fused-ring (bicyclic) bond motifs is 1. The van der Waals surface area contributed by atoms with Gasteiger partial charge in [0.15, 0.2) is 5.76 Å². The molecule has 0 spiro atoms. The van der Waals surface area contributed by atoms with Gasteiger partial charge in [0.2, 0.25) is 5.91 Å². The lowest BCUT2D eigenvalue weighted by molar-refractivity contribution is -0.116. The number of H-pyrrole nitrogens is 1. The number of aromatic nitrogens is 2. The summed E-state index contributed by atoms with van der Waals surface area (Å²) in [5, 5.41) is 8.72. The molecule has 0 unspecified atom stereocenters. The average Bonchev–Trinajstić information content (AvgIpc) is 3.32. The van der Waals surface area contributed by atoms with E-state index >= 15 is 0 Å². The summed E-state index contributed by atoms with van der Waals surface area (Å²) in [7, 11) is 0. The Hall–Kier alpha value is -4.11. The maximum atomic E-state index is 12.6. The first-order valence-corrected chi connectivity index (χ1v) is 9.96. The van der Waals surface area contributed by atoms with E-state index in [-0.39, 0.29) is 35.2 Å². The molecule has 0 aliphatic carbocycles. The molecule has 0 fully saturated rings. The second-order valence-corrected chi connectivity index (χ2v) is 7.30. The molecule has 0 saturated heterocycles. The molecule has 2 heterocycles. The van der Waals surface area contributed by atoms with Crippen molar-refractivity contribution in [2.24, 2.45) is 0 Å². The first-order valence-electron chi connectivity index (χ1n) is 9.58. The van der Waals surface area contributed by atoms with Crippen molar-refractivity contribution < 1.29 is 14.0 Å². The van der Waals surface area contributed by atoms with Crippen LogP contribution in [-0.4, -0.2) is 21.6 Å². The standard InChI is InChI=1S/C22H17ClN4O5/c23-13-7-8-16(17(12-13)25-21(30)18-6-3-11-32-18)24-19(28)9-10-27-22(31)15-5-2-1-4-14(15)20(29)26-27/h1-8,11-12H,9-10H2,(H,24,28)(H,25,30)(H,26,29). The first-order chi connectivity index (χ1) is 15.4. The van der Waals surface area contributed by atoms with Gasteiger partial charge in [-0.15, -0.1) is 0 Å². The molecule has 2 aromatic carbocycles. The molecule has 0 saturated carbocycles. The van der Waals surface area contributed by atoms with Crippen molar-refractivity contribution in [1.82, 2.24) is 9.78 Å². The van der Waals surface area contributed by atoms with Crippen LogP contribution in [0.4, 0.5) is 11.4 Å². The van der Waals surface area contributed by atoms with Gasteiger partial charge in [-0.25, -0.2) is 4.68 Å². The second kappa shape index (κ2) is 8.94. The van der Waals surface area contributed by atoms with E-state index in [9.17, 15) is 19.2 Å². The van der Waals surface area contributed by atoms with Gasteiger partial charge >= 0.3 is 0 Å². The molecule has 0 atom stereocenters.